The van der Waals surface area contributed by atoms with Crippen molar-refractivity contribution in [2.45, 2.75) is 31.3 Å². The molecule has 0 aliphatic rings. The van der Waals surface area contributed by atoms with Gasteiger partial charge < -0.3 is 30.3 Å². The zero-order valence-electron chi connectivity index (χ0n) is 9.13. The molecule has 0 unspecified atom stereocenters. The second-order valence-electron chi connectivity index (χ2n) is 2.99. The lowest BCUT2D eigenvalue weighted by Crippen LogP contribution is -2.48. The summed E-state index contributed by atoms with van der Waals surface area (Å²) in [5.41, 5.74) is 0. The van der Waals surface area contributed by atoms with Gasteiger partial charge in [0.15, 0.2) is 12.4 Å². The zero-order chi connectivity index (χ0) is 14.0. The first kappa shape index (κ1) is 18.3. The summed E-state index contributed by atoms with van der Waals surface area (Å²) in [6.07, 6.45) is -6.17. The van der Waals surface area contributed by atoms with E-state index in [0.29, 0.717) is 0 Å². The molecule has 0 saturated carbocycles. The van der Waals surface area contributed by atoms with Crippen LogP contribution < -0.4 is 5.90 Å². The second-order valence-corrected chi connectivity index (χ2v) is 2.99. The number of aliphatic hydroxyl groups excluding tert-OH is 4. The number of hydrogen-bond donors (Lipinski definition) is 6. The Morgan fingerprint density at radius 2 is 1.76 bits per heavy atom. The highest BCUT2D eigenvalue weighted by molar-refractivity contribution is 5.62. The van der Waals surface area contributed by atoms with Crippen LogP contribution >= 0.6 is 0 Å². The van der Waals surface area contributed by atoms with Gasteiger partial charge in [0, 0.05) is 6.92 Å². The van der Waals surface area contributed by atoms with Gasteiger partial charge >= 0.3 is 0 Å². The Labute approximate surface area is 97.0 Å². The lowest BCUT2D eigenvalue weighted by molar-refractivity contribution is -0.146. The molecule has 0 aromatic rings. The van der Waals surface area contributed by atoms with Crippen LogP contribution in [0.5, 0.6) is 0 Å². The minimum Gasteiger partial charge on any atom is -0.481 e. The quantitative estimate of drug-likeness (QED) is 0.209. The molecule has 0 amide bonds. The maximum absolute atomic E-state index is 10.2. The third-order valence-corrected chi connectivity index (χ3v) is 1.56. The summed E-state index contributed by atoms with van der Waals surface area (Å²) in [6, 6.07) is 0. The van der Waals surface area contributed by atoms with Gasteiger partial charge in [0.1, 0.15) is 18.3 Å². The van der Waals surface area contributed by atoms with Crippen LogP contribution in [0, 0.1) is 0 Å². The molecular formula is C8H17NO8. The number of carboxylic acid groups (broad SMARTS) is 1. The summed E-state index contributed by atoms with van der Waals surface area (Å²) >= 11 is 0. The predicted octanol–water partition coefficient (Wildman–Crippen LogP) is -3.39. The molecule has 0 radical (unpaired) electrons. The van der Waals surface area contributed by atoms with E-state index in [0.717, 1.165) is 6.92 Å². The van der Waals surface area contributed by atoms with E-state index in [1.54, 1.807) is 0 Å². The van der Waals surface area contributed by atoms with E-state index in [2.05, 4.69) is 10.7 Å². The highest BCUT2D eigenvalue weighted by Crippen LogP contribution is 2.04. The Balaban J connectivity index is 0. The van der Waals surface area contributed by atoms with Crippen LogP contribution in [-0.4, -0.2) is 68.8 Å². The normalized spacial score (nSPS) is 17.1. The molecule has 0 spiro atoms. The molecule has 17 heavy (non-hydrogen) atoms. The van der Waals surface area contributed by atoms with Crippen LogP contribution in [0.3, 0.4) is 0 Å². The van der Waals surface area contributed by atoms with Crippen molar-refractivity contribution in [1.29, 1.82) is 0 Å². The number of aliphatic hydroxyl groups is 4. The monoisotopic (exact) mass is 255 g/mol. The third-order valence-electron chi connectivity index (χ3n) is 1.56. The van der Waals surface area contributed by atoms with Crippen LogP contribution in [0.15, 0.2) is 0 Å². The summed E-state index contributed by atoms with van der Waals surface area (Å²) in [5.74, 6) is 3.78. The van der Waals surface area contributed by atoms with Gasteiger partial charge in [-0.25, -0.2) is 5.90 Å². The number of carbonyl (C=O) groups excluding carboxylic acids is 1. The first-order valence-electron chi connectivity index (χ1n) is 4.47. The van der Waals surface area contributed by atoms with Crippen LogP contribution in [0.2, 0.25) is 0 Å². The maximum atomic E-state index is 10.2. The fourth-order valence-corrected chi connectivity index (χ4v) is 0.723. The summed E-state index contributed by atoms with van der Waals surface area (Å²) in [5, 5.41) is 42.9. The first-order chi connectivity index (χ1) is 7.81. The SMILES string of the molecule is CC(=O)O.NO[C@@H](C=O)[C@@H](O)[C@@H](O)[C@H](O)CO. The number of nitrogens with two attached hydrogens (primary N) is 1. The molecule has 7 N–H and O–H groups in total. The molecule has 9 nitrogen and oxygen atoms in total. The van der Waals surface area contributed by atoms with Gasteiger partial charge in [-0.15, -0.1) is 0 Å². The molecule has 0 fully saturated rings. The van der Waals surface area contributed by atoms with Crippen molar-refractivity contribution in [3.63, 3.8) is 0 Å². The minimum absolute atomic E-state index is 0.179. The van der Waals surface area contributed by atoms with E-state index in [-0.39, 0.29) is 6.29 Å². The smallest absolute Gasteiger partial charge is 0.300 e. The van der Waals surface area contributed by atoms with Crippen molar-refractivity contribution >= 4 is 12.3 Å². The van der Waals surface area contributed by atoms with E-state index in [1.807, 2.05) is 0 Å². The standard InChI is InChI=1S/C6H13NO6.C2H4O2/c7-13-4(2-9)6(12)5(11)3(10)1-8;1-2(3)4/h2-6,8,10-12H,1,7H2;1H3,(H,3,4)/t3-,4+,5+,6-;/m1./s1. The predicted molar refractivity (Wildman–Crippen MR) is 53.5 cm³/mol. The molecule has 0 aromatic heterocycles. The molecule has 0 rings (SSSR count). The van der Waals surface area contributed by atoms with Gasteiger partial charge in [0.05, 0.1) is 6.61 Å². The fraction of sp³-hybridized carbons (Fsp3) is 0.750. The fourth-order valence-electron chi connectivity index (χ4n) is 0.723. The van der Waals surface area contributed by atoms with E-state index < -0.39 is 37.0 Å². The van der Waals surface area contributed by atoms with Crippen molar-refractivity contribution in [3.8, 4) is 0 Å². The maximum Gasteiger partial charge on any atom is 0.300 e. The summed E-state index contributed by atoms with van der Waals surface area (Å²) in [6.45, 7) is 0.342. The minimum atomic E-state index is -1.69. The van der Waals surface area contributed by atoms with Crippen molar-refractivity contribution in [2.24, 2.45) is 5.90 Å². The number of hydrogen-bond acceptors (Lipinski definition) is 8. The first-order valence-corrected chi connectivity index (χ1v) is 4.47. The number of carbonyl (C=O) groups is 2. The number of carboxylic acids is 1. The average Bonchev–Trinajstić information content (AvgIpc) is 2.27. The van der Waals surface area contributed by atoms with Gasteiger partial charge in [-0.3, -0.25) is 9.63 Å². The molecule has 0 aliphatic carbocycles. The zero-order valence-corrected chi connectivity index (χ0v) is 9.13. The Bertz CT molecular complexity index is 220. The van der Waals surface area contributed by atoms with Crippen molar-refractivity contribution < 1.29 is 40.0 Å². The summed E-state index contributed by atoms with van der Waals surface area (Å²) < 4.78 is 0. The Hall–Kier alpha value is -1.10. The Morgan fingerprint density at radius 3 is 2.00 bits per heavy atom. The summed E-state index contributed by atoms with van der Waals surface area (Å²) in [4.78, 5) is 23.2. The van der Waals surface area contributed by atoms with Crippen LogP contribution in [0.25, 0.3) is 0 Å². The third kappa shape index (κ3) is 8.68. The average molecular weight is 255 g/mol. The van der Waals surface area contributed by atoms with E-state index >= 15 is 0 Å². The van der Waals surface area contributed by atoms with Gasteiger partial charge in [0.25, 0.3) is 5.97 Å². The lowest BCUT2D eigenvalue weighted by Gasteiger charge is -2.23. The van der Waals surface area contributed by atoms with Crippen LogP contribution in [-0.2, 0) is 14.4 Å². The number of rotatable bonds is 6. The van der Waals surface area contributed by atoms with E-state index in [4.69, 9.17) is 30.3 Å². The molecule has 9 heteroatoms. The number of aldehydes is 1. The molecule has 0 heterocycles. The Morgan fingerprint density at radius 1 is 1.35 bits per heavy atom. The van der Waals surface area contributed by atoms with Gasteiger partial charge in [-0.05, 0) is 0 Å². The second kappa shape index (κ2) is 10.1. The van der Waals surface area contributed by atoms with Crippen LogP contribution in [0.1, 0.15) is 6.92 Å². The van der Waals surface area contributed by atoms with Gasteiger partial charge in [-0.2, -0.15) is 0 Å². The topological polar surface area (TPSA) is 171 Å². The molecule has 0 bridgehead atoms. The molecular weight excluding hydrogens is 238 g/mol. The number of aliphatic carboxylic acids is 1. The van der Waals surface area contributed by atoms with Gasteiger partial charge in [0.2, 0.25) is 0 Å². The van der Waals surface area contributed by atoms with Crippen molar-refractivity contribution in [1.82, 2.24) is 0 Å². The molecule has 0 aliphatic heterocycles. The summed E-state index contributed by atoms with van der Waals surface area (Å²) in [7, 11) is 0. The Kier molecular flexibility index (Phi) is 10.8. The van der Waals surface area contributed by atoms with Crippen molar-refractivity contribution in [3.05, 3.63) is 0 Å². The largest absolute Gasteiger partial charge is 0.481 e. The molecule has 102 valence electrons. The lowest BCUT2D eigenvalue weighted by atomic mass is 10.0. The van der Waals surface area contributed by atoms with E-state index in [1.165, 1.54) is 0 Å². The molecule has 4 atom stereocenters. The molecule has 0 saturated heterocycles. The van der Waals surface area contributed by atoms with E-state index in [9.17, 15) is 4.79 Å². The van der Waals surface area contributed by atoms with Crippen LogP contribution in [0.4, 0.5) is 0 Å². The van der Waals surface area contributed by atoms with Gasteiger partial charge in [-0.1, -0.05) is 0 Å². The van der Waals surface area contributed by atoms with Crippen molar-refractivity contribution in [2.75, 3.05) is 6.61 Å². The highest BCUT2D eigenvalue weighted by Gasteiger charge is 2.31. The molecule has 0 aromatic carbocycles. The highest BCUT2D eigenvalue weighted by atomic mass is 16.6.